The fourth-order valence-electron chi connectivity index (χ4n) is 7.85. The highest BCUT2D eigenvalue weighted by molar-refractivity contribution is 5.71. The van der Waals surface area contributed by atoms with E-state index in [1.165, 1.54) is 6.42 Å². The van der Waals surface area contributed by atoms with Gasteiger partial charge in [0.25, 0.3) is 0 Å². The van der Waals surface area contributed by atoms with Gasteiger partial charge in [-0.25, -0.2) is 0 Å². The third kappa shape index (κ3) is 64.9. The molecule has 0 aliphatic rings. The minimum absolute atomic E-state index is 0.122. The normalized spacial score (nSPS) is 13.5. The second kappa shape index (κ2) is 66.8. The molecule has 81 heavy (non-hydrogen) atoms. The lowest BCUT2D eigenvalue weighted by atomic mass is 10.1. The second-order valence-electron chi connectivity index (χ2n) is 20.2. The van der Waals surface area contributed by atoms with Gasteiger partial charge < -0.3 is 14.2 Å². The van der Waals surface area contributed by atoms with Crippen LogP contribution in [0.5, 0.6) is 0 Å². The molecule has 1 atom stereocenters. The summed E-state index contributed by atoms with van der Waals surface area (Å²) in [6.07, 6.45) is 101. The maximum Gasteiger partial charge on any atom is 0.306 e. The summed E-state index contributed by atoms with van der Waals surface area (Å²) in [5, 5.41) is 0. The van der Waals surface area contributed by atoms with Gasteiger partial charge in [-0.1, -0.05) is 254 Å². The smallest absolute Gasteiger partial charge is 0.306 e. The fraction of sp³-hybridized carbons (Fsp3) is 0.533. The predicted octanol–water partition coefficient (Wildman–Crippen LogP) is 22.2. The molecule has 0 fully saturated rings. The average Bonchev–Trinajstić information content (AvgIpc) is 3.46. The Morgan fingerprint density at radius 2 is 0.481 bits per heavy atom. The van der Waals surface area contributed by atoms with Crippen LogP contribution in [0.25, 0.3) is 0 Å². The number of carbonyl (C=O) groups is 3. The molecule has 1 unspecified atom stereocenters. The molecule has 0 saturated heterocycles. The molecule has 0 amide bonds. The zero-order chi connectivity index (χ0) is 58.5. The monoisotopic (exact) mass is 1110 g/mol. The molecule has 0 aliphatic heterocycles. The van der Waals surface area contributed by atoms with E-state index in [0.717, 1.165) is 186 Å². The Bertz CT molecular complexity index is 1950. The molecule has 0 rings (SSSR count). The first-order valence-corrected chi connectivity index (χ1v) is 31.9. The quantitative estimate of drug-likeness (QED) is 0.0261. The van der Waals surface area contributed by atoms with Crippen LogP contribution in [0.2, 0.25) is 0 Å². The summed E-state index contributed by atoms with van der Waals surface area (Å²) in [6.45, 7) is 6.26. The highest BCUT2D eigenvalue weighted by atomic mass is 16.6. The number of rotatable bonds is 55. The number of allylic oxidation sites excluding steroid dienone is 32. The standard InChI is InChI=1S/C75H114O6/c1-4-7-10-13-16-19-22-25-27-29-31-33-34-35-36-37-38-39-40-42-43-45-47-50-53-56-59-62-65-68-74(77)80-71-72(70-79-73(76)67-64-61-58-55-52-49-24-21-18-15-12-9-6-3)81-75(78)69-66-63-60-57-54-51-48-46-44-41-32-30-28-26-23-20-17-14-11-8-5-2/h7-8,10-12,15-17,19-21,24-28,31-33,35-36,38-39,41-43,46-48,50,54,57,72H,4-6,9,13-14,18,22-23,29-30,34,37,40,44-45,49,51-53,55-56,58-71H2,1-3H3/b10-7-,11-8-,15-12-,19-16-,20-17-,24-21-,27-25-,28-26-,33-31-,36-35-,39-38-,41-32-,43-42-,48-46-,50-47-,57-54-. The van der Waals surface area contributed by atoms with Gasteiger partial charge in [0, 0.05) is 19.3 Å². The number of unbranched alkanes of at least 4 members (excludes halogenated alkanes) is 12. The second-order valence-corrected chi connectivity index (χ2v) is 20.2. The van der Waals surface area contributed by atoms with E-state index in [2.05, 4.69) is 215 Å². The van der Waals surface area contributed by atoms with E-state index in [4.69, 9.17) is 14.2 Å². The van der Waals surface area contributed by atoms with Gasteiger partial charge in [0.2, 0.25) is 0 Å². The minimum Gasteiger partial charge on any atom is -0.462 e. The van der Waals surface area contributed by atoms with Crippen molar-refractivity contribution in [1.29, 1.82) is 0 Å². The highest BCUT2D eigenvalue weighted by Gasteiger charge is 2.19. The lowest BCUT2D eigenvalue weighted by Gasteiger charge is -2.18. The SMILES string of the molecule is CC/C=C\C/C=C\C/C=C\C/C=C\C/C=C\C/C=C\C/C=C\C/C=C\CCCCCCC(=O)OCC(COC(=O)CCCCCCC/C=C\C/C=C\CCC)OC(=O)CCCC/C=C\C/C=C\C/C=C\C/C=C\C/C=C\C/C=C\CC. The molecule has 0 spiro atoms. The maximum atomic E-state index is 12.9. The summed E-state index contributed by atoms with van der Waals surface area (Å²) in [5.41, 5.74) is 0. The van der Waals surface area contributed by atoms with Crippen LogP contribution in [0.3, 0.4) is 0 Å². The van der Waals surface area contributed by atoms with E-state index >= 15 is 0 Å². The van der Waals surface area contributed by atoms with Crippen LogP contribution in [-0.4, -0.2) is 37.2 Å². The molecular weight excluding hydrogens is 997 g/mol. The Balaban J connectivity index is 4.51. The molecule has 0 aromatic heterocycles. The molecule has 450 valence electrons. The zero-order valence-electron chi connectivity index (χ0n) is 51.5. The molecule has 0 N–H and O–H groups in total. The zero-order valence-corrected chi connectivity index (χ0v) is 51.5. The summed E-state index contributed by atoms with van der Waals surface area (Å²) in [6, 6.07) is 0. The van der Waals surface area contributed by atoms with Crippen molar-refractivity contribution in [3.8, 4) is 0 Å². The number of hydrogen-bond acceptors (Lipinski definition) is 6. The van der Waals surface area contributed by atoms with Crippen molar-refractivity contribution in [2.45, 2.75) is 245 Å². The molecule has 6 nitrogen and oxygen atoms in total. The van der Waals surface area contributed by atoms with Gasteiger partial charge in [0.1, 0.15) is 13.2 Å². The Hall–Kier alpha value is -5.75. The van der Waals surface area contributed by atoms with Gasteiger partial charge in [-0.15, -0.1) is 0 Å². The van der Waals surface area contributed by atoms with Crippen LogP contribution in [0.15, 0.2) is 194 Å². The fourth-order valence-corrected chi connectivity index (χ4v) is 7.85. The summed E-state index contributed by atoms with van der Waals surface area (Å²) in [4.78, 5) is 38.3. The molecule has 0 aromatic rings. The molecule has 6 heteroatoms. The van der Waals surface area contributed by atoms with Gasteiger partial charge in [-0.3, -0.25) is 14.4 Å². The minimum atomic E-state index is -0.831. The lowest BCUT2D eigenvalue weighted by Crippen LogP contribution is -2.30. The Morgan fingerprint density at radius 1 is 0.259 bits per heavy atom. The number of esters is 3. The van der Waals surface area contributed by atoms with Crippen LogP contribution in [-0.2, 0) is 28.6 Å². The summed E-state index contributed by atoms with van der Waals surface area (Å²) in [5.74, 6) is -1.02. The number of hydrogen-bond donors (Lipinski definition) is 0. The summed E-state index contributed by atoms with van der Waals surface area (Å²) >= 11 is 0. The first-order chi connectivity index (χ1) is 40.0. The third-order valence-electron chi connectivity index (χ3n) is 12.5. The van der Waals surface area contributed by atoms with Crippen LogP contribution in [0.4, 0.5) is 0 Å². The molecule has 0 saturated carbocycles. The van der Waals surface area contributed by atoms with E-state index in [9.17, 15) is 14.4 Å². The highest BCUT2D eigenvalue weighted by Crippen LogP contribution is 2.12. The molecule has 0 aliphatic carbocycles. The maximum absolute atomic E-state index is 12.9. The van der Waals surface area contributed by atoms with Crippen molar-refractivity contribution in [2.75, 3.05) is 13.2 Å². The van der Waals surface area contributed by atoms with Crippen molar-refractivity contribution >= 4 is 17.9 Å². The van der Waals surface area contributed by atoms with E-state index in [1.807, 2.05) is 0 Å². The molecule has 0 aromatic carbocycles. The van der Waals surface area contributed by atoms with Crippen molar-refractivity contribution in [1.82, 2.24) is 0 Å². The van der Waals surface area contributed by atoms with Crippen molar-refractivity contribution in [3.05, 3.63) is 194 Å². The first-order valence-electron chi connectivity index (χ1n) is 31.9. The summed E-state index contributed by atoms with van der Waals surface area (Å²) in [7, 11) is 0. The number of ether oxygens (including phenoxy) is 3. The van der Waals surface area contributed by atoms with Gasteiger partial charge in [-0.2, -0.15) is 0 Å². The summed E-state index contributed by atoms with van der Waals surface area (Å²) < 4.78 is 16.8. The Labute approximate surface area is 497 Å². The van der Waals surface area contributed by atoms with E-state index in [-0.39, 0.29) is 37.5 Å². The molecule has 0 bridgehead atoms. The predicted molar refractivity (Wildman–Crippen MR) is 352 cm³/mol. The number of carbonyl (C=O) groups excluding carboxylic acids is 3. The van der Waals surface area contributed by atoms with Gasteiger partial charge in [-0.05, 0) is 161 Å². The lowest BCUT2D eigenvalue weighted by molar-refractivity contribution is -0.167. The first kappa shape index (κ1) is 75.2. The van der Waals surface area contributed by atoms with Gasteiger partial charge in [0.15, 0.2) is 6.10 Å². The Kier molecular flexibility index (Phi) is 62.0. The van der Waals surface area contributed by atoms with E-state index < -0.39 is 6.10 Å². The molecule has 0 heterocycles. The molecular formula is C75H114O6. The molecule has 0 radical (unpaired) electrons. The van der Waals surface area contributed by atoms with Gasteiger partial charge >= 0.3 is 17.9 Å². The van der Waals surface area contributed by atoms with E-state index in [0.29, 0.717) is 19.3 Å². The van der Waals surface area contributed by atoms with Crippen molar-refractivity contribution in [2.24, 2.45) is 0 Å². The topological polar surface area (TPSA) is 78.9 Å². The van der Waals surface area contributed by atoms with Crippen molar-refractivity contribution < 1.29 is 28.6 Å². The average molecular weight is 1110 g/mol. The Morgan fingerprint density at radius 3 is 0.778 bits per heavy atom. The van der Waals surface area contributed by atoms with Gasteiger partial charge in [0.05, 0.1) is 0 Å². The third-order valence-corrected chi connectivity index (χ3v) is 12.5. The van der Waals surface area contributed by atoms with Crippen LogP contribution in [0.1, 0.15) is 239 Å². The van der Waals surface area contributed by atoms with Crippen LogP contribution >= 0.6 is 0 Å². The van der Waals surface area contributed by atoms with Crippen LogP contribution in [0, 0.1) is 0 Å². The van der Waals surface area contributed by atoms with Crippen LogP contribution < -0.4 is 0 Å². The van der Waals surface area contributed by atoms with E-state index in [1.54, 1.807) is 0 Å². The largest absolute Gasteiger partial charge is 0.462 e. The van der Waals surface area contributed by atoms with Crippen molar-refractivity contribution in [3.63, 3.8) is 0 Å².